The molecule has 5 atom stereocenters. The van der Waals surface area contributed by atoms with Crippen LogP contribution in [0.2, 0.25) is 0 Å². The quantitative estimate of drug-likeness (QED) is 0.105. The zero-order chi connectivity index (χ0) is 30.0. The Hall–Kier alpha value is -4.57. The van der Waals surface area contributed by atoms with Gasteiger partial charge < -0.3 is 59.4 Å². The molecule has 3 aromatic rings. The summed E-state index contributed by atoms with van der Waals surface area (Å²) in [7, 11) is 2.59. The fourth-order valence-corrected chi connectivity index (χ4v) is 4.12. The van der Waals surface area contributed by atoms with Gasteiger partial charge in [-0.2, -0.15) is 0 Å². The van der Waals surface area contributed by atoms with Crippen molar-refractivity contribution in [2.45, 2.75) is 37.1 Å². The van der Waals surface area contributed by atoms with E-state index in [4.69, 9.17) is 33.2 Å². The summed E-state index contributed by atoms with van der Waals surface area (Å²) >= 11 is 0. The van der Waals surface area contributed by atoms with Crippen molar-refractivity contribution in [3.05, 3.63) is 30.3 Å². The molecule has 4 rings (SSSR count). The number of hydrogen-bond donors (Lipinski definition) is 7. The maximum Gasteiger partial charge on any atom is 0.402 e. The van der Waals surface area contributed by atoms with Crippen LogP contribution in [0.5, 0.6) is 34.5 Å². The standard InChI is InChI=1S/C26H26O15/c1-36-15-3-10(4-16(37-2)21(15)32)25-17(7-12-13(28)5-11(27)6-14(12)39-25)40-26-24(35)23(34)22(33)18(41-26)9-38-20(31)8-19(29)30/h3-7,18,22-24,26,33-35H,8-9H2,1-2H3,(H3-,27,28,29,30,32)/p+1/t18-,22+,23-,24-,26-/m1/s1. The van der Waals surface area contributed by atoms with E-state index in [0.29, 0.717) is 0 Å². The summed E-state index contributed by atoms with van der Waals surface area (Å²) in [6, 6.07) is 6.26. The second kappa shape index (κ2) is 11.9. The average Bonchev–Trinajstić information content (AvgIpc) is 2.92. The Labute approximate surface area is 230 Å². The minimum atomic E-state index is -1.85. The molecule has 0 saturated carbocycles. The first-order valence-electron chi connectivity index (χ1n) is 11.9. The second-order valence-corrected chi connectivity index (χ2v) is 8.93. The summed E-state index contributed by atoms with van der Waals surface area (Å²) in [6.07, 6.45) is -9.57. The van der Waals surface area contributed by atoms with E-state index in [1.807, 2.05) is 0 Å². The normalized spacial score (nSPS) is 22.2. The summed E-state index contributed by atoms with van der Waals surface area (Å²) in [4.78, 5) is 22.4. The van der Waals surface area contributed by atoms with Crippen molar-refractivity contribution in [3.63, 3.8) is 0 Å². The van der Waals surface area contributed by atoms with Gasteiger partial charge in [0.05, 0.1) is 25.8 Å². The number of rotatable bonds is 9. The minimum absolute atomic E-state index is 0.000328. The van der Waals surface area contributed by atoms with E-state index in [2.05, 4.69) is 0 Å². The highest BCUT2D eigenvalue weighted by molar-refractivity contribution is 5.90. The van der Waals surface area contributed by atoms with Gasteiger partial charge in [0.1, 0.15) is 54.3 Å². The average molecular weight is 579 g/mol. The number of carbonyl (C=O) groups excluding carboxylic acids is 1. The van der Waals surface area contributed by atoms with Gasteiger partial charge in [0.25, 0.3) is 0 Å². The zero-order valence-electron chi connectivity index (χ0n) is 21.6. The number of carboxylic acids is 1. The van der Waals surface area contributed by atoms with E-state index in [0.717, 1.165) is 6.07 Å². The van der Waals surface area contributed by atoms with Crippen molar-refractivity contribution in [1.82, 2.24) is 0 Å². The molecule has 41 heavy (non-hydrogen) atoms. The number of aliphatic hydroxyl groups excluding tert-OH is 3. The first kappa shape index (κ1) is 29.4. The maximum atomic E-state index is 11.7. The SMILES string of the molecule is COc1cc(-c2[o+]c3cc(O)cc(O)c3cc2O[C@@H]2O[C@H](COC(=O)CC(=O)O)[C@H](O)[C@@H](O)[C@H]2O)cc(OC)c1O. The Morgan fingerprint density at radius 1 is 0.902 bits per heavy atom. The molecule has 0 unspecified atom stereocenters. The van der Waals surface area contributed by atoms with Crippen LogP contribution in [-0.4, -0.2) is 99.2 Å². The smallest absolute Gasteiger partial charge is 0.402 e. The molecule has 15 nitrogen and oxygen atoms in total. The van der Waals surface area contributed by atoms with Gasteiger partial charge in [0.2, 0.25) is 17.8 Å². The van der Waals surface area contributed by atoms with Crippen LogP contribution >= 0.6 is 0 Å². The van der Waals surface area contributed by atoms with Crippen LogP contribution in [0.25, 0.3) is 22.3 Å². The van der Waals surface area contributed by atoms with Gasteiger partial charge in [-0.15, -0.1) is 0 Å². The molecule has 7 N–H and O–H groups in total. The number of ether oxygens (including phenoxy) is 5. The van der Waals surface area contributed by atoms with Crippen molar-refractivity contribution in [2.24, 2.45) is 0 Å². The highest BCUT2D eigenvalue weighted by Crippen LogP contribution is 2.45. The Kier molecular flexibility index (Phi) is 8.53. The van der Waals surface area contributed by atoms with E-state index in [1.54, 1.807) is 0 Å². The number of methoxy groups -OCH3 is 2. The summed E-state index contributed by atoms with van der Waals surface area (Å²) in [5, 5.41) is 70.9. The topological polar surface area (TPSA) is 233 Å². The van der Waals surface area contributed by atoms with Gasteiger partial charge in [-0.25, -0.2) is 4.42 Å². The fraction of sp³-hybridized carbons (Fsp3) is 0.346. The molecular weight excluding hydrogens is 552 g/mol. The summed E-state index contributed by atoms with van der Waals surface area (Å²) in [6.45, 7) is -0.682. The van der Waals surface area contributed by atoms with Gasteiger partial charge in [0, 0.05) is 24.3 Å². The number of hydrogen-bond acceptors (Lipinski definition) is 13. The third-order valence-corrected chi connectivity index (χ3v) is 6.17. The van der Waals surface area contributed by atoms with Crippen LogP contribution in [0.3, 0.4) is 0 Å². The van der Waals surface area contributed by atoms with E-state index >= 15 is 0 Å². The van der Waals surface area contributed by atoms with Crippen LogP contribution < -0.4 is 14.2 Å². The minimum Gasteiger partial charge on any atom is -0.507 e. The number of carboxylic acid groups (broad SMARTS) is 1. The summed E-state index contributed by atoms with van der Waals surface area (Å²) < 4.78 is 32.5. The lowest BCUT2D eigenvalue weighted by Crippen LogP contribution is -2.60. The van der Waals surface area contributed by atoms with Crippen molar-refractivity contribution in [3.8, 4) is 45.8 Å². The lowest BCUT2D eigenvalue weighted by molar-refractivity contribution is -0.278. The van der Waals surface area contributed by atoms with Crippen molar-refractivity contribution in [1.29, 1.82) is 0 Å². The highest BCUT2D eigenvalue weighted by atomic mass is 16.7. The predicted octanol–water partition coefficient (Wildman–Crippen LogP) is 0.719. The van der Waals surface area contributed by atoms with Crippen LogP contribution in [0, 0.1) is 0 Å². The number of phenolic OH excluding ortho intramolecular Hbond substituents is 3. The first-order valence-corrected chi connectivity index (χ1v) is 11.9. The second-order valence-electron chi connectivity index (χ2n) is 8.93. The summed E-state index contributed by atoms with van der Waals surface area (Å²) in [5.41, 5.74) is 0.195. The van der Waals surface area contributed by atoms with Gasteiger partial charge in [-0.3, -0.25) is 9.59 Å². The van der Waals surface area contributed by atoms with E-state index in [9.17, 15) is 40.2 Å². The molecule has 1 aromatic heterocycles. The predicted molar refractivity (Wildman–Crippen MR) is 135 cm³/mol. The zero-order valence-corrected chi connectivity index (χ0v) is 21.6. The molecule has 1 fully saturated rings. The van der Waals surface area contributed by atoms with Crippen LogP contribution in [-0.2, 0) is 19.1 Å². The molecule has 2 aromatic carbocycles. The monoisotopic (exact) mass is 579 g/mol. The van der Waals surface area contributed by atoms with E-state index < -0.39 is 61.4 Å². The highest BCUT2D eigenvalue weighted by Gasteiger charge is 2.46. The van der Waals surface area contributed by atoms with Crippen molar-refractivity contribution in [2.75, 3.05) is 20.8 Å². The molecule has 1 saturated heterocycles. The number of aliphatic hydroxyl groups is 3. The Morgan fingerprint density at radius 2 is 1.56 bits per heavy atom. The van der Waals surface area contributed by atoms with Gasteiger partial charge in [0.15, 0.2) is 11.5 Å². The Bertz CT molecular complexity index is 1430. The molecule has 220 valence electrons. The molecule has 0 bridgehead atoms. The number of aromatic hydroxyl groups is 3. The van der Waals surface area contributed by atoms with E-state index in [1.165, 1.54) is 38.5 Å². The van der Waals surface area contributed by atoms with Crippen molar-refractivity contribution < 1.29 is 73.4 Å². The summed E-state index contributed by atoms with van der Waals surface area (Å²) in [5.74, 6) is -3.93. The number of benzene rings is 2. The molecule has 2 heterocycles. The molecule has 1 aliphatic heterocycles. The molecule has 0 amide bonds. The number of esters is 1. The maximum absolute atomic E-state index is 11.7. The van der Waals surface area contributed by atoms with Gasteiger partial charge in [-0.1, -0.05) is 0 Å². The lowest BCUT2D eigenvalue weighted by Gasteiger charge is -2.39. The molecule has 0 radical (unpaired) electrons. The largest absolute Gasteiger partial charge is 0.507 e. The number of carbonyl (C=O) groups is 2. The lowest BCUT2D eigenvalue weighted by atomic mass is 9.99. The van der Waals surface area contributed by atoms with Crippen LogP contribution in [0.1, 0.15) is 6.42 Å². The Morgan fingerprint density at radius 3 is 2.17 bits per heavy atom. The molecule has 0 spiro atoms. The first-order chi connectivity index (χ1) is 19.4. The fourth-order valence-electron chi connectivity index (χ4n) is 4.12. The Balaban J connectivity index is 1.76. The van der Waals surface area contributed by atoms with Gasteiger partial charge >= 0.3 is 23.3 Å². The molecular formula is C26H27O15+. The molecule has 15 heteroatoms. The number of aliphatic carboxylic acids is 1. The third-order valence-electron chi connectivity index (χ3n) is 6.17. The van der Waals surface area contributed by atoms with Gasteiger partial charge in [-0.05, 0) is 0 Å². The number of phenols is 3. The van der Waals surface area contributed by atoms with Crippen LogP contribution in [0.4, 0.5) is 0 Å². The molecule has 1 aliphatic rings. The number of fused-ring (bicyclic) bond motifs is 1. The van der Waals surface area contributed by atoms with E-state index in [-0.39, 0.29) is 51.0 Å². The molecule has 0 aliphatic carbocycles. The van der Waals surface area contributed by atoms with Crippen molar-refractivity contribution >= 4 is 22.9 Å². The van der Waals surface area contributed by atoms with Crippen LogP contribution in [0.15, 0.2) is 34.7 Å². The third kappa shape index (κ3) is 6.12.